The van der Waals surface area contributed by atoms with Gasteiger partial charge >= 0.3 is 0 Å². The fourth-order valence-electron chi connectivity index (χ4n) is 7.21. The predicted octanol–water partition coefficient (Wildman–Crippen LogP) is 10.0. The van der Waals surface area contributed by atoms with Crippen molar-refractivity contribution < 1.29 is 8.83 Å². The molecule has 4 heterocycles. The number of fused-ring (bicyclic) bond motifs is 7. The maximum Gasteiger partial charge on any atom is 0.144 e. The summed E-state index contributed by atoms with van der Waals surface area (Å²) in [6.45, 7) is 0. The van der Waals surface area contributed by atoms with Gasteiger partial charge < -0.3 is 14.2 Å². The summed E-state index contributed by atoms with van der Waals surface area (Å²) in [6, 6.07) is 46.1. The molecule has 0 fully saturated rings. The number of amidine groups is 1. The first kappa shape index (κ1) is 26.9. The number of hydrogen-bond acceptors (Lipinski definition) is 6. The van der Waals surface area contributed by atoms with Gasteiger partial charge in [-0.2, -0.15) is 0 Å². The molecule has 0 radical (unpaired) electrons. The molecule has 6 nitrogen and oxygen atoms in total. The molecule has 9 aromatic rings. The van der Waals surface area contributed by atoms with Crippen LogP contribution < -0.4 is 10.6 Å². The summed E-state index contributed by atoms with van der Waals surface area (Å²) in [7, 11) is 0. The van der Waals surface area contributed by atoms with E-state index in [2.05, 4.69) is 119 Å². The molecule has 0 saturated carbocycles. The number of para-hydroxylation sites is 1. The summed E-state index contributed by atoms with van der Waals surface area (Å²) in [5.74, 6) is 0.777. The Kier molecular flexibility index (Phi) is 5.98. The van der Waals surface area contributed by atoms with Gasteiger partial charge in [-0.1, -0.05) is 97.1 Å². The third kappa shape index (κ3) is 4.24. The Balaban J connectivity index is 1.19. The van der Waals surface area contributed by atoms with Crippen LogP contribution in [0.2, 0.25) is 0 Å². The standard InChI is InChI=1S/C42H28N4O2/c1-2-10-26(11-3-1)40-44-41(31-14-8-16-36-37(31)30-13-6-7-15-34(30)47-36)46-42(45-40)32-20-19-29(28-18-17-25-9-4-5-12-27(25)23-28)39-38(32)33-24-43-22-21-35(33)48-39/h1-24,40-41,44H,(H,45,46). The zero-order valence-electron chi connectivity index (χ0n) is 25.7. The van der Waals surface area contributed by atoms with Gasteiger partial charge in [0.05, 0.1) is 0 Å². The second kappa shape index (κ2) is 10.7. The molecule has 3 aromatic heterocycles. The van der Waals surface area contributed by atoms with Crippen LogP contribution in [0.15, 0.2) is 160 Å². The number of benzene rings is 6. The van der Waals surface area contributed by atoms with Gasteiger partial charge in [-0.05, 0) is 58.3 Å². The third-order valence-corrected chi connectivity index (χ3v) is 9.46. The topological polar surface area (TPSA) is 75.6 Å². The second-order valence-electron chi connectivity index (χ2n) is 12.3. The molecule has 0 bridgehead atoms. The Bertz CT molecular complexity index is 2710. The number of nitrogens with zero attached hydrogens (tertiary/aromatic N) is 2. The molecule has 48 heavy (non-hydrogen) atoms. The molecule has 2 atom stereocenters. The monoisotopic (exact) mass is 620 g/mol. The van der Waals surface area contributed by atoms with Crippen LogP contribution in [0.3, 0.4) is 0 Å². The maximum atomic E-state index is 6.65. The normalized spacial score (nSPS) is 16.5. The minimum atomic E-state index is -0.299. The number of rotatable bonds is 4. The minimum absolute atomic E-state index is 0.265. The van der Waals surface area contributed by atoms with E-state index in [1.165, 1.54) is 10.8 Å². The van der Waals surface area contributed by atoms with Crippen LogP contribution in [0.1, 0.15) is 29.0 Å². The average molecular weight is 621 g/mol. The first-order chi connectivity index (χ1) is 23.8. The Morgan fingerprint density at radius 2 is 1.38 bits per heavy atom. The largest absolute Gasteiger partial charge is 0.456 e. The number of aromatic nitrogens is 1. The van der Waals surface area contributed by atoms with Gasteiger partial charge in [0.1, 0.15) is 40.5 Å². The van der Waals surface area contributed by atoms with Gasteiger partial charge in [0.25, 0.3) is 0 Å². The van der Waals surface area contributed by atoms with Crippen molar-refractivity contribution in [2.45, 2.75) is 12.3 Å². The first-order valence-electron chi connectivity index (χ1n) is 16.1. The van der Waals surface area contributed by atoms with Crippen molar-refractivity contribution >= 4 is 60.5 Å². The first-order valence-corrected chi connectivity index (χ1v) is 16.1. The predicted molar refractivity (Wildman–Crippen MR) is 193 cm³/mol. The molecule has 6 aromatic carbocycles. The van der Waals surface area contributed by atoms with Gasteiger partial charge in [-0.15, -0.1) is 0 Å². The molecule has 6 heteroatoms. The summed E-state index contributed by atoms with van der Waals surface area (Å²) in [6.07, 6.45) is 3.10. The summed E-state index contributed by atoms with van der Waals surface area (Å²) in [5.41, 5.74) is 8.56. The van der Waals surface area contributed by atoms with Crippen LogP contribution in [-0.2, 0) is 0 Å². The molecular formula is C42H28N4O2. The average Bonchev–Trinajstić information content (AvgIpc) is 3.74. The summed E-state index contributed by atoms with van der Waals surface area (Å²) in [4.78, 5) is 9.82. The molecule has 1 aliphatic heterocycles. The Morgan fingerprint density at radius 3 is 2.31 bits per heavy atom. The lowest BCUT2D eigenvalue weighted by atomic mass is 9.96. The molecule has 228 valence electrons. The van der Waals surface area contributed by atoms with Crippen molar-refractivity contribution in [2.75, 3.05) is 0 Å². The van der Waals surface area contributed by atoms with Crippen LogP contribution in [0, 0.1) is 0 Å². The van der Waals surface area contributed by atoms with Crippen molar-refractivity contribution in [3.63, 3.8) is 0 Å². The maximum absolute atomic E-state index is 6.65. The number of pyridine rings is 1. The molecule has 10 rings (SSSR count). The van der Waals surface area contributed by atoms with E-state index in [0.717, 1.165) is 77.5 Å². The van der Waals surface area contributed by atoms with Gasteiger partial charge in [0.15, 0.2) is 0 Å². The summed E-state index contributed by atoms with van der Waals surface area (Å²) in [5, 5.41) is 14.1. The highest BCUT2D eigenvalue weighted by Crippen LogP contribution is 2.40. The molecule has 0 amide bonds. The molecular weight excluding hydrogens is 592 g/mol. The van der Waals surface area contributed by atoms with E-state index < -0.39 is 0 Å². The van der Waals surface area contributed by atoms with E-state index in [-0.39, 0.29) is 12.3 Å². The smallest absolute Gasteiger partial charge is 0.144 e. The Morgan fingerprint density at radius 1 is 0.583 bits per heavy atom. The number of furan rings is 2. The second-order valence-corrected chi connectivity index (χ2v) is 12.3. The van der Waals surface area contributed by atoms with Crippen molar-refractivity contribution in [3.05, 3.63) is 163 Å². The molecule has 1 aliphatic rings. The van der Waals surface area contributed by atoms with Crippen molar-refractivity contribution in [2.24, 2.45) is 4.99 Å². The van der Waals surface area contributed by atoms with Gasteiger partial charge in [-0.3, -0.25) is 10.3 Å². The lowest BCUT2D eigenvalue weighted by Crippen LogP contribution is -2.45. The molecule has 2 N–H and O–H groups in total. The van der Waals surface area contributed by atoms with Gasteiger partial charge in [-0.25, -0.2) is 4.99 Å². The number of hydrogen-bond donors (Lipinski definition) is 2. The minimum Gasteiger partial charge on any atom is -0.456 e. The summed E-state index contributed by atoms with van der Waals surface area (Å²) < 4.78 is 12.9. The van der Waals surface area contributed by atoms with Crippen LogP contribution in [0.4, 0.5) is 0 Å². The van der Waals surface area contributed by atoms with Gasteiger partial charge in [0.2, 0.25) is 0 Å². The highest BCUT2D eigenvalue weighted by molar-refractivity contribution is 6.20. The van der Waals surface area contributed by atoms with Crippen molar-refractivity contribution in [1.29, 1.82) is 0 Å². The Hall–Kier alpha value is -6.24. The number of nitrogens with one attached hydrogen (secondary N) is 2. The highest BCUT2D eigenvalue weighted by atomic mass is 16.3. The van der Waals surface area contributed by atoms with E-state index in [9.17, 15) is 0 Å². The molecule has 0 aliphatic carbocycles. The van der Waals surface area contributed by atoms with Crippen LogP contribution in [0.5, 0.6) is 0 Å². The fraction of sp³-hybridized carbons (Fsp3) is 0.0476. The van der Waals surface area contributed by atoms with E-state index >= 15 is 0 Å². The van der Waals surface area contributed by atoms with Crippen molar-refractivity contribution in [3.8, 4) is 11.1 Å². The van der Waals surface area contributed by atoms with Crippen LogP contribution in [-0.4, -0.2) is 10.8 Å². The zero-order chi connectivity index (χ0) is 31.6. The fourth-order valence-corrected chi connectivity index (χ4v) is 7.21. The molecule has 0 saturated heterocycles. The molecule has 2 unspecified atom stereocenters. The summed E-state index contributed by atoms with van der Waals surface area (Å²) >= 11 is 0. The van der Waals surface area contributed by atoms with Crippen LogP contribution >= 0.6 is 0 Å². The third-order valence-electron chi connectivity index (χ3n) is 9.46. The molecule has 0 spiro atoms. The van der Waals surface area contributed by atoms with Crippen LogP contribution in [0.25, 0.3) is 65.8 Å². The quantitative estimate of drug-likeness (QED) is 0.205. The van der Waals surface area contributed by atoms with E-state index in [1.807, 2.05) is 36.5 Å². The number of aliphatic imine (C=N–C) groups is 1. The zero-order valence-corrected chi connectivity index (χ0v) is 25.7. The van der Waals surface area contributed by atoms with Crippen molar-refractivity contribution in [1.82, 2.24) is 15.6 Å². The van der Waals surface area contributed by atoms with E-state index in [0.29, 0.717) is 0 Å². The van der Waals surface area contributed by atoms with E-state index in [4.69, 9.17) is 13.8 Å². The lowest BCUT2D eigenvalue weighted by molar-refractivity contribution is 0.411. The van der Waals surface area contributed by atoms with E-state index in [1.54, 1.807) is 6.20 Å². The lowest BCUT2D eigenvalue weighted by Gasteiger charge is -2.32. The Labute approximate surface area is 275 Å². The SMILES string of the molecule is c1ccc(C2N=C(c3ccc(-c4ccc5ccccc5c4)c4oc5ccncc5c34)NC(c3cccc4oc5ccccc5c34)N2)cc1. The van der Waals surface area contributed by atoms with Gasteiger partial charge in [0, 0.05) is 50.6 Å². The highest BCUT2D eigenvalue weighted by Gasteiger charge is 2.29.